The molecule has 12 heavy (non-hydrogen) atoms. The standard InChI is InChI=1S/C10H11NO/c1-7(2)9-5-8-3-4-12-10(8)11-6-9/h3-7H,1-2H3. The van der Waals surface area contributed by atoms with Gasteiger partial charge in [0.25, 0.3) is 0 Å². The Morgan fingerprint density at radius 1 is 1.42 bits per heavy atom. The largest absolute Gasteiger partial charge is 0.446 e. The Bertz CT molecular complexity index is 389. The topological polar surface area (TPSA) is 26.0 Å². The van der Waals surface area contributed by atoms with Gasteiger partial charge in [-0.25, -0.2) is 4.98 Å². The normalized spacial score (nSPS) is 11.2. The van der Waals surface area contributed by atoms with Crippen LogP contribution in [-0.4, -0.2) is 4.98 Å². The Morgan fingerprint density at radius 3 is 3.00 bits per heavy atom. The van der Waals surface area contributed by atoms with Gasteiger partial charge in [-0.2, -0.15) is 0 Å². The lowest BCUT2D eigenvalue weighted by molar-refractivity contribution is 0.602. The first kappa shape index (κ1) is 7.35. The van der Waals surface area contributed by atoms with E-state index in [4.69, 9.17) is 4.42 Å². The lowest BCUT2D eigenvalue weighted by Crippen LogP contribution is -1.87. The molecular weight excluding hydrogens is 150 g/mol. The zero-order valence-corrected chi connectivity index (χ0v) is 7.24. The molecule has 0 aromatic carbocycles. The van der Waals surface area contributed by atoms with Crippen molar-refractivity contribution in [3.05, 3.63) is 30.2 Å². The number of fused-ring (bicyclic) bond motifs is 1. The van der Waals surface area contributed by atoms with E-state index in [-0.39, 0.29) is 0 Å². The maximum absolute atomic E-state index is 5.14. The van der Waals surface area contributed by atoms with Crippen molar-refractivity contribution in [3.63, 3.8) is 0 Å². The van der Waals surface area contributed by atoms with Crippen molar-refractivity contribution in [3.8, 4) is 0 Å². The van der Waals surface area contributed by atoms with Crippen molar-refractivity contribution in [1.82, 2.24) is 4.98 Å². The third-order valence-corrected chi connectivity index (χ3v) is 1.99. The van der Waals surface area contributed by atoms with E-state index in [0.717, 1.165) is 11.1 Å². The van der Waals surface area contributed by atoms with Crippen molar-refractivity contribution in [1.29, 1.82) is 0 Å². The second-order valence-electron chi connectivity index (χ2n) is 3.24. The number of nitrogens with zero attached hydrogens (tertiary/aromatic N) is 1. The molecule has 0 aliphatic heterocycles. The fourth-order valence-electron chi connectivity index (χ4n) is 1.19. The number of furan rings is 1. The molecule has 0 atom stereocenters. The molecule has 0 saturated carbocycles. The lowest BCUT2D eigenvalue weighted by atomic mass is 10.1. The van der Waals surface area contributed by atoms with Gasteiger partial charge < -0.3 is 4.42 Å². The zero-order chi connectivity index (χ0) is 8.55. The van der Waals surface area contributed by atoms with Crippen LogP contribution in [0, 0.1) is 0 Å². The molecule has 62 valence electrons. The summed E-state index contributed by atoms with van der Waals surface area (Å²) in [6, 6.07) is 4.06. The lowest BCUT2D eigenvalue weighted by Gasteiger charge is -2.02. The molecule has 2 aromatic rings. The summed E-state index contributed by atoms with van der Waals surface area (Å²) in [5.74, 6) is 0.525. The van der Waals surface area contributed by atoms with E-state index in [1.165, 1.54) is 5.56 Å². The SMILES string of the molecule is CC(C)c1cnc2occc2c1. The molecule has 2 heteroatoms. The number of pyridine rings is 1. The predicted octanol–water partition coefficient (Wildman–Crippen LogP) is 2.95. The van der Waals surface area contributed by atoms with Gasteiger partial charge in [-0.15, -0.1) is 0 Å². The molecule has 0 radical (unpaired) electrons. The maximum Gasteiger partial charge on any atom is 0.225 e. The molecule has 0 unspecified atom stereocenters. The summed E-state index contributed by atoms with van der Waals surface area (Å²) in [7, 11) is 0. The van der Waals surface area contributed by atoms with Crippen LogP contribution >= 0.6 is 0 Å². The molecule has 2 aromatic heterocycles. The number of hydrogen-bond acceptors (Lipinski definition) is 2. The summed E-state index contributed by atoms with van der Waals surface area (Å²) in [4.78, 5) is 4.20. The van der Waals surface area contributed by atoms with Crippen LogP contribution in [0.1, 0.15) is 25.3 Å². The Morgan fingerprint density at radius 2 is 2.25 bits per heavy atom. The highest BCUT2D eigenvalue weighted by molar-refractivity contribution is 5.73. The van der Waals surface area contributed by atoms with E-state index in [0.29, 0.717) is 5.92 Å². The number of hydrogen-bond donors (Lipinski definition) is 0. The van der Waals surface area contributed by atoms with E-state index in [1.54, 1.807) is 6.26 Å². The minimum atomic E-state index is 0.525. The Balaban J connectivity index is 2.60. The molecule has 0 fully saturated rings. The van der Waals surface area contributed by atoms with Crippen LogP contribution in [0.5, 0.6) is 0 Å². The molecule has 2 heterocycles. The van der Waals surface area contributed by atoms with Gasteiger partial charge in [-0.1, -0.05) is 13.8 Å². The third kappa shape index (κ3) is 1.09. The Hall–Kier alpha value is -1.31. The fourth-order valence-corrected chi connectivity index (χ4v) is 1.19. The van der Waals surface area contributed by atoms with Crippen LogP contribution in [0.3, 0.4) is 0 Å². The maximum atomic E-state index is 5.14. The van der Waals surface area contributed by atoms with E-state index >= 15 is 0 Å². The molecule has 0 aliphatic carbocycles. The monoisotopic (exact) mass is 161 g/mol. The van der Waals surface area contributed by atoms with Gasteiger partial charge in [-0.05, 0) is 23.6 Å². The molecule has 2 rings (SSSR count). The van der Waals surface area contributed by atoms with E-state index in [1.807, 2.05) is 12.3 Å². The van der Waals surface area contributed by atoms with Crippen molar-refractivity contribution < 1.29 is 4.42 Å². The van der Waals surface area contributed by atoms with E-state index < -0.39 is 0 Å². The van der Waals surface area contributed by atoms with Crippen LogP contribution < -0.4 is 0 Å². The number of rotatable bonds is 1. The summed E-state index contributed by atoms with van der Waals surface area (Å²) >= 11 is 0. The van der Waals surface area contributed by atoms with Crippen molar-refractivity contribution >= 4 is 11.1 Å². The van der Waals surface area contributed by atoms with E-state index in [9.17, 15) is 0 Å². The zero-order valence-electron chi connectivity index (χ0n) is 7.24. The van der Waals surface area contributed by atoms with Gasteiger partial charge in [0.15, 0.2) is 0 Å². The van der Waals surface area contributed by atoms with Crippen LogP contribution in [-0.2, 0) is 0 Å². The minimum absolute atomic E-state index is 0.525. The molecule has 0 N–H and O–H groups in total. The molecule has 0 bridgehead atoms. The van der Waals surface area contributed by atoms with Crippen molar-refractivity contribution in [2.75, 3.05) is 0 Å². The quantitative estimate of drug-likeness (QED) is 0.642. The van der Waals surface area contributed by atoms with Crippen LogP contribution in [0.4, 0.5) is 0 Å². The average molecular weight is 161 g/mol. The second kappa shape index (κ2) is 2.63. The van der Waals surface area contributed by atoms with Gasteiger partial charge in [0.1, 0.15) is 0 Å². The van der Waals surface area contributed by atoms with Gasteiger partial charge in [0.2, 0.25) is 5.71 Å². The van der Waals surface area contributed by atoms with Crippen LogP contribution in [0.25, 0.3) is 11.1 Å². The molecule has 0 spiro atoms. The Labute approximate surface area is 71.2 Å². The summed E-state index contributed by atoms with van der Waals surface area (Å²) in [5, 5.41) is 1.08. The summed E-state index contributed by atoms with van der Waals surface area (Å²) < 4.78 is 5.14. The van der Waals surface area contributed by atoms with Gasteiger partial charge >= 0.3 is 0 Å². The predicted molar refractivity (Wildman–Crippen MR) is 48.1 cm³/mol. The Kier molecular flexibility index (Phi) is 1.61. The minimum Gasteiger partial charge on any atom is -0.446 e. The van der Waals surface area contributed by atoms with Crippen molar-refractivity contribution in [2.45, 2.75) is 19.8 Å². The molecule has 0 saturated heterocycles. The molecular formula is C10H11NO. The highest BCUT2D eigenvalue weighted by atomic mass is 16.3. The van der Waals surface area contributed by atoms with Crippen LogP contribution in [0.2, 0.25) is 0 Å². The summed E-state index contributed by atoms with van der Waals surface area (Å²) in [5.41, 5.74) is 1.98. The number of aromatic nitrogens is 1. The second-order valence-corrected chi connectivity index (χ2v) is 3.24. The first-order valence-corrected chi connectivity index (χ1v) is 4.10. The smallest absolute Gasteiger partial charge is 0.225 e. The molecule has 0 amide bonds. The van der Waals surface area contributed by atoms with E-state index in [2.05, 4.69) is 24.9 Å². The molecule has 2 nitrogen and oxygen atoms in total. The summed E-state index contributed by atoms with van der Waals surface area (Å²) in [6.07, 6.45) is 3.54. The van der Waals surface area contributed by atoms with Crippen molar-refractivity contribution in [2.24, 2.45) is 0 Å². The van der Waals surface area contributed by atoms with Gasteiger partial charge in [-0.3, -0.25) is 0 Å². The first-order valence-electron chi connectivity index (χ1n) is 4.10. The summed E-state index contributed by atoms with van der Waals surface area (Å²) in [6.45, 7) is 4.31. The molecule has 0 aliphatic rings. The van der Waals surface area contributed by atoms with Gasteiger partial charge in [0.05, 0.1) is 6.26 Å². The van der Waals surface area contributed by atoms with Gasteiger partial charge in [0, 0.05) is 11.6 Å². The average Bonchev–Trinajstić information content (AvgIpc) is 2.49. The first-order chi connectivity index (χ1) is 5.77. The highest BCUT2D eigenvalue weighted by Gasteiger charge is 2.02. The third-order valence-electron chi connectivity index (χ3n) is 1.99. The fraction of sp³-hybridized carbons (Fsp3) is 0.300. The van der Waals surface area contributed by atoms with Crippen LogP contribution in [0.15, 0.2) is 29.0 Å². The highest BCUT2D eigenvalue weighted by Crippen LogP contribution is 2.19.